The third kappa shape index (κ3) is 2.55. The van der Waals surface area contributed by atoms with Crippen molar-refractivity contribution in [2.24, 2.45) is 5.92 Å². The Labute approximate surface area is 96.6 Å². The van der Waals surface area contributed by atoms with Crippen LogP contribution in [-0.4, -0.2) is 47.3 Å². The number of nitrogens with zero attached hydrogens (tertiary/aromatic N) is 1. The Kier molecular flexibility index (Phi) is 3.22. The second-order valence-electron chi connectivity index (χ2n) is 5.40. The maximum atomic E-state index is 12.1. The molecule has 0 saturated carbocycles. The first kappa shape index (κ1) is 11.9. The monoisotopic (exact) mass is 227 g/mol. The zero-order valence-electron chi connectivity index (χ0n) is 10.1. The largest absolute Gasteiger partial charge is 0.390 e. The quantitative estimate of drug-likeness (QED) is 0.720. The van der Waals surface area contributed by atoms with Crippen LogP contribution in [0.2, 0.25) is 0 Å². The summed E-state index contributed by atoms with van der Waals surface area (Å²) in [5, 5.41) is 9.82. The lowest BCUT2D eigenvalue weighted by atomic mass is 9.92. The van der Waals surface area contributed by atoms with Crippen LogP contribution in [0.4, 0.5) is 0 Å². The normalized spacial score (nSPS) is 34.1. The van der Waals surface area contributed by atoms with E-state index in [1.54, 1.807) is 0 Å². The molecule has 0 aromatic rings. The minimum atomic E-state index is -0.587. The second-order valence-corrected chi connectivity index (χ2v) is 5.40. The van der Waals surface area contributed by atoms with Crippen LogP contribution >= 0.6 is 0 Å². The fourth-order valence-electron chi connectivity index (χ4n) is 2.46. The predicted octanol–water partition coefficient (Wildman–Crippen LogP) is 0.785. The van der Waals surface area contributed by atoms with Crippen LogP contribution in [0.5, 0.6) is 0 Å². The highest BCUT2D eigenvalue weighted by Gasteiger charge is 2.35. The van der Waals surface area contributed by atoms with Crippen molar-refractivity contribution < 1.29 is 14.6 Å². The van der Waals surface area contributed by atoms with Crippen molar-refractivity contribution >= 4 is 5.91 Å². The summed E-state index contributed by atoms with van der Waals surface area (Å²) in [7, 11) is 0. The molecule has 2 unspecified atom stereocenters. The fourth-order valence-corrected chi connectivity index (χ4v) is 2.46. The van der Waals surface area contributed by atoms with Gasteiger partial charge < -0.3 is 14.7 Å². The number of hydrogen-bond donors (Lipinski definition) is 1. The average molecular weight is 227 g/mol. The van der Waals surface area contributed by atoms with Gasteiger partial charge in [0.25, 0.3) is 0 Å². The number of ether oxygens (including phenoxy) is 1. The highest BCUT2D eigenvalue weighted by Crippen LogP contribution is 2.26. The zero-order valence-corrected chi connectivity index (χ0v) is 10.1. The molecule has 2 atom stereocenters. The van der Waals surface area contributed by atoms with E-state index >= 15 is 0 Å². The molecule has 4 nitrogen and oxygen atoms in total. The Morgan fingerprint density at radius 1 is 1.44 bits per heavy atom. The van der Waals surface area contributed by atoms with Crippen molar-refractivity contribution in [2.45, 2.75) is 44.8 Å². The Bertz CT molecular complexity index is 267. The van der Waals surface area contributed by atoms with Gasteiger partial charge in [0.1, 0.15) is 0 Å². The number of amides is 1. The Morgan fingerprint density at radius 3 is 2.56 bits per heavy atom. The molecule has 1 amide bonds. The van der Waals surface area contributed by atoms with E-state index in [1.165, 1.54) is 0 Å². The molecule has 0 aromatic carbocycles. The van der Waals surface area contributed by atoms with Gasteiger partial charge in [-0.3, -0.25) is 4.79 Å². The first-order chi connectivity index (χ1) is 7.48. The van der Waals surface area contributed by atoms with Crippen LogP contribution in [0.15, 0.2) is 0 Å². The van der Waals surface area contributed by atoms with Crippen LogP contribution in [0.25, 0.3) is 0 Å². The number of carbonyl (C=O) groups is 1. The van der Waals surface area contributed by atoms with Crippen molar-refractivity contribution in [1.29, 1.82) is 0 Å². The standard InChI is InChI=1S/C12H21NO3/c1-9-7-10(8-16-9)11(14)13-5-3-12(2,15)4-6-13/h9-10,15H,3-8H2,1-2H3. The molecule has 2 heterocycles. The highest BCUT2D eigenvalue weighted by molar-refractivity contribution is 5.79. The summed E-state index contributed by atoms with van der Waals surface area (Å²) in [5.74, 6) is 0.248. The molecular formula is C12H21NO3. The van der Waals surface area contributed by atoms with Crippen molar-refractivity contribution in [2.75, 3.05) is 19.7 Å². The summed E-state index contributed by atoms with van der Waals surface area (Å²) >= 11 is 0. The maximum absolute atomic E-state index is 12.1. The number of piperidine rings is 1. The number of rotatable bonds is 1. The third-order valence-corrected chi connectivity index (χ3v) is 3.70. The molecular weight excluding hydrogens is 206 g/mol. The van der Waals surface area contributed by atoms with E-state index in [2.05, 4.69) is 0 Å². The Hall–Kier alpha value is -0.610. The van der Waals surface area contributed by atoms with Crippen LogP contribution in [0.3, 0.4) is 0 Å². The van der Waals surface area contributed by atoms with Gasteiger partial charge in [0, 0.05) is 13.1 Å². The molecule has 0 aliphatic carbocycles. The maximum Gasteiger partial charge on any atom is 0.228 e. The first-order valence-corrected chi connectivity index (χ1v) is 6.11. The Balaban J connectivity index is 1.87. The van der Waals surface area contributed by atoms with E-state index in [-0.39, 0.29) is 17.9 Å². The SMILES string of the molecule is CC1CC(C(=O)N2CCC(C)(O)CC2)CO1. The van der Waals surface area contributed by atoms with E-state index in [4.69, 9.17) is 4.74 Å². The van der Waals surface area contributed by atoms with Crippen molar-refractivity contribution in [3.8, 4) is 0 Å². The summed E-state index contributed by atoms with van der Waals surface area (Å²) in [6.07, 6.45) is 2.41. The van der Waals surface area contributed by atoms with Gasteiger partial charge in [-0.1, -0.05) is 0 Å². The molecule has 2 fully saturated rings. The smallest absolute Gasteiger partial charge is 0.228 e. The lowest BCUT2D eigenvalue weighted by molar-refractivity contribution is -0.139. The van der Waals surface area contributed by atoms with E-state index in [0.717, 1.165) is 6.42 Å². The van der Waals surface area contributed by atoms with E-state index < -0.39 is 5.60 Å². The van der Waals surface area contributed by atoms with E-state index in [1.807, 2.05) is 18.7 Å². The Morgan fingerprint density at radius 2 is 2.06 bits per heavy atom. The van der Waals surface area contributed by atoms with Crippen LogP contribution in [0, 0.1) is 5.92 Å². The molecule has 92 valence electrons. The van der Waals surface area contributed by atoms with E-state index in [9.17, 15) is 9.90 Å². The molecule has 0 aromatic heterocycles. The summed E-state index contributed by atoms with van der Waals surface area (Å²) in [5.41, 5.74) is -0.587. The lowest BCUT2D eigenvalue weighted by Gasteiger charge is -2.36. The fraction of sp³-hybridized carbons (Fsp3) is 0.917. The summed E-state index contributed by atoms with van der Waals surface area (Å²) in [6.45, 7) is 5.77. The van der Waals surface area contributed by atoms with Crippen LogP contribution in [-0.2, 0) is 9.53 Å². The summed E-state index contributed by atoms with van der Waals surface area (Å²) in [6, 6.07) is 0. The summed E-state index contributed by atoms with van der Waals surface area (Å²) in [4.78, 5) is 14.0. The molecule has 0 spiro atoms. The number of carbonyl (C=O) groups excluding carboxylic acids is 1. The van der Waals surface area contributed by atoms with Gasteiger partial charge in [-0.25, -0.2) is 0 Å². The van der Waals surface area contributed by atoms with Gasteiger partial charge in [0.2, 0.25) is 5.91 Å². The van der Waals surface area contributed by atoms with Crippen LogP contribution in [0.1, 0.15) is 33.1 Å². The van der Waals surface area contributed by atoms with Crippen molar-refractivity contribution in [3.63, 3.8) is 0 Å². The van der Waals surface area contributed by atoms with Gasteiger partial charge in [0.05, 0.1) is 24.2 Å². The molecule has 2 aliphatic rings. The molecule has 2 aliphatic heterocycles. The second kappa shape index (κ2) is 4.34. The average Bonchev–Trinajstić information content (AvgIpc) is 2.64. The molecule has 4 heteroatoms. The minimum absolute atomic E-state index is 0.0399. The van der Waals surface area contributed by atoms with Crippen molar-refractivity contribution in [3.05, 3.63) is 0 Å². The predicted molar refractivity (Wildman–Crippen MR) is 60.0 cm³/mol. The van der Waals surface area contributed by atoms with Gasteiger partial charge >= 0.3 is 0 Å². The minimum Gasteiger partial charge on any atom is -0.390 e. The number of likely N-dealkylation sites (tertiary alicyclic amines) is 1. The van der Waals surface area contributed by atoms with Gasteiger partial charge in [-0.05, 0) is 33.1 Å². The van der Waals surface area contributed by atoms with E-state index in [0.29, 0.717) is 32.5 Å². The molecule has 2 rings (SSSR count). The molecule has 16 heavy (non-hydrogen) atoms. The third-order valence-electron chi connectivity index (χ3n) is 3.70. The van der Waals surface area contributed by atoms with Crippen molar-refractivity contribution in [1.82, 2.24) is 4.90 Å². The van der Waals surface area contributed by atoms with Gasteiger partial charge in [-0.15, -0.1) is 0 Å². The summed E-state index contributed by atoms with van der Waals surface area (Å²) < 4.78 is 5.42. The topological polar surface area (TPSA) is 49.8 Å². The molecule has 2 saturated heterocycles. The van der Waals surface area contributed by atoms with Gasteiger partial charge in [0.15, 0.2) is 0 Å². The highest BCUT2D eigenvalue weighted by atomic mass is 16.5. The van der Waals surface area contributed by atoms with Crippen LogP contribution < -0.4 is 0 Å². The lowest BCUT2D eigenvalue weighted by Crippen LogP contribution is -2.47. The molecule has 0 bridgehead atoms. The molecule has 1 N–H and O–H groups in total. The molecule has 0 radical (unpaired) electrons. The number of aliphatic hydroxyl groups is 1. The number of hydrogen-bond acceptors (Lipinski definition) is 3. The first-order valence-electron chi connectivity index (χ1n) is 6.11. The van der Waals surface area contributed by atoms with Gasteiger partial charge in [-0.2, -0.15) is 0 Å². The zero-order chi connectivity index (χ0) is 11.8.